The number of nitro groups is 1. The monoisotopic (exact) mass is 315 g/mol. The fourth-order valence-electron chi connectivity index (χ4n) is 1.41. The van der Waals surface area contributed by atoms with E-state index in [1.54, 1.807) is 5.38 Å². The number of nitro benzene ring substituents is 1. The molecule has 0 fully saturated rings. The van der Waals surface area contributed by atoms with E-state index < -0.39 is 25.5 Å². The minimum absolute atomic E-state index is 0.116. The molecule has 2 rings (SSSR count). The number of sulfonamides is 1. The van der Waals surface area contributed by atoms with Crippen LogP contribution in [0.1, 0.15) is 0 Å². The Kier molecular flexibility index (Phi) is 3.83. The fraction of sp³-hybridized carbons (Fsp3) is 0. The lowest BCUT2D eigenvalue weighted by Gasteiger charge is -2.07. The number of nitrogens with one attached hydrogen (secondary N) is 2. The van der Waals surface area contributed by atoms with Crippen molar-refractivity contribution in [3.8, 4) is 0 Å². The van der Waals surface area contributed by atoms with Gasteiger partial charge in [-0.25, -0.2) is 13.4 Å². The Balaban J connectivity index is 2.51. The van der Waals surface area contributed by atoms with Crippen molar-refractivity contribution in [2.24, 2.45) is 5.84 Å². The Morgan fingerprint density at radius 2 is 2.15 bits per heavy atom. The van der Waals surface area contributed by atoms with Crippen LogP contribution in [0.15, 0.2) is 34.7 Å². The van der Waals surface area contributed by atoms with E-state index in [0.717, 1.165) is 23.5 Å². The molecule has 0 aliphatic heterocycles. The van der Waals surface area contributed by atoms with Crippen LogP contribution in [0.5, 0.6) is 0 Å². The second-order valence-corrected chi connectivity index (χ2v) is 6.07. The summed E-state index contributed by atoms with van der Waals surface area (Å²) in [6, 6.07) is 3.44. The topological polar surface area (TPSA) is 140 Å². The normalized spacial score (nSPS) is 11.1. The molecule has 9 nitrogen and oxygen atoms in total. The average molecular weight is 315 g/mol. The summed E-state index contributed by atoms with van der Waals surface area (Å²) in [4.78, 5) is 13.4. The van der Waals surface area contributed by atoms with E-state index in [-0.39, 0.29) is 10.8 Å². The Bertz CT molecular complexity index is 729. The second kappa shape index (κ2) is 5.40. The smallest absolute Gasteiger partial charge is 0.290 e. The van der Waals surface area contributed by atoms with Crippen LogP contribution in [0.4, 0.5) is 16.5 Å². The van der Waals surface area contributed by atoms with Gasteiger partial charge in [0.1, 0.15) is 0 Å². The van der Waals surface area contributed by atoms with Gasteiger partial charge in [-0.15, -0.1) is 11.3 Å². The number of benzene rings is 1. The molecule has 11 heteroatoms. The van der Waals surface area contributed by atoms with E-state index in [1.165, 1.54) is 12.3 Å². The van der Waals surface area contributed by atoms with Crippen molar-refractivity contribution >= 4 is 37.9 Å². The van der Waals surface area contributed by atoms with Gasteiger partial charge < -0.3 is 5.43 Å². The van der Waals surface area contributed by atoms with Crippen LogP contribution >= 0.6 is 11.3 Å². The highest BCUT2D eigenvalue weighted by Gasteiger charge is 2.26. The van der Waals surface area contributed by atoms with E-state index in [0.29, 0.717) is 0 Å². The van der Waals surface area contributed by atoms with E-state index >= 15 is 0 Å². The molecule has 1 aromatic carbocycles. The third-order valence-corrected chi connectivity index (χ3v) is 4.45. The maximum absolute atomic E-state index is 12.2. The van der Waals surface area contributed by atoms with Gasteiger partial charge >= 0.3 is 0 Å². The molecule has 0 bridgehead atoms. The van der Waals surface area contributed by atoms with E-state index in [1.807, 2.05) is 0 Å². The van der Waals surface area contributed by atoms with Crippen LogP contribution < -0.4 is 16.0 Å². The van der Waals surface area contributed by atoms with Crippen molar-refractivity contribution in [2.75, 3.05) is 10.1 Å². The van der Waals surface area contributed by atoms with Crippen molar-refractivity contribution in [1.82, 2.24) is 4.98 Å². The molecule has 20 heavy (non-hydrogen) atoms. The SMILES string of the molecule is NNc1ccc([N+](=O)[O-])c(S(=O)(=O)Nc2nccs2)c1. The molecule has 0 spiro atoms. The number of hydrogen-bond donors (Lipinski definition) is 3. The zero-order valence-electron chi connectivity index (χ0n) is 9.81. The van der Waals surface area contributed by atoms with E-state index in [4.69, 9.17) is 5.84 Å². The highest BCUT2D eigenvalue weighted by atomic mass is 32.2. The van der Waals surface area contributed by atoms with Gasteiger partial charge in [0.05, 0.1) is 10.6 Å². The summed E-state index contributed by atoms with van der Waals surface area (Å²) in [6.45, 7) is 0. The van der Waals surface area contributed by atoms with Crippen LogP contribution in [0.2, 0.25) is 0 Å². The molecule has 0 amide bonds. The summed E-state index contributed by atoms with van der Waals surface area (Å²) in [5.74, 6) is 5.18. The van der Waals surface area contributed by atoms with Crippen LogP contribution in [-0.4, -0.2) is 18.3 Å². The maximum atomic E-state index is 12.2. The van der Waals surface area contributed by atoms with Crippen LogP contribution in [0.25, 0.3) is 0 Å². The first-order chi connectivity index (χ1) is 9.44. The highest BCUT2D eigenvalue weighted by Crippen LogP contribution is 2.28. The number of hydrazine groups is 1. The predicted octanol–water partition coefficient (Wildman–Crippen LogP) is 1.14. The van der Waals surface area contributed by atoms with E-state index in [9.17, 15) is 18.5 Å². The molecule has 106 valence electrons. The molecular formula is C9H9N5O4S2. The Morgan fingerprint density at radius 1 is 1.40 bits per heavy atom. The molecule has 0 unspecified atom stereocenters. The van der Waals surface area contributed by atoms with Crippen molar-refractivity contribution in [1.29, 1.82) is 0 Å². The number of hydrogen-bond acceptors (Lipinski definition) is 8. The van der Waals surface area contributed by atoms with Gasteiger partial charge in [-0.2, -0.15) is 0 Å². The highest BCUT2D eigenvalue weighted by molar-refractivity contribution is 7.93. The molecule has 0 saturated heterocycles. The van der Waals surface area contributed by atoms with E-state index in [2.05, 4.69) is 15.1 Å². The zero-order chi connectivity index (χ0) is 14.8. The molecule has 4 N–H and O–H groups in total. The minimum Gasteiger partial charge on any atom is -0.324 e. The minimum atomic E-state index is -4.13. The quantitative estimate of drug-likeness (QED) is 0.427. The molecule has 1 heterocycles. The summed E-state index contributed by atoms with van der Waals surface area (Å²) in [5.41, 5.74) is 1.92. The predicted molar refractivity (Wildman–Crippen MR) is 73.8 cm³/mol. The summed E-state index contributed by atoms with van der Waals surface area (Å²) in [6.07, 6.45) is 1.41. The molecule has 0 saturated carbocycles. The Hall–Kier alpha value is -2.24. The molecule has 0 atom stereocenters. The Labute approximate surface area is 117 Å². The molecule has 0 aliphatic rings. The number of nitrogens with zero attached hydrogens (tertiary/aromatic N) is 2. The van der Waals surface area contributed by atoms with Gasteiger partial charge in [-0.1, -0.05) is 0 Å². The lowest BCUT2D eigenvalue weighted by Crippen LogP contribution is -2.16. The zero-order valence-corrected chi connectivity index (χ0v) is 11.4. The van der Waals surface area contributed by atoms with Gasteiger partial charge in [0, 0.05) is 17.6 Å². The second-order valence-electron chi connectivity index (χ2n) is 3.53. The molecule has 0 radical (unpaired) electrons. The maximum Gasteiger partial charge on any atom is 0.290 e. The number of rotatable bonds is 5. The van der Waals surface area contributed by atoms with Crippen molar-refractivity contribution in [3.05, 3.63) is 39.9 Å². The first-order valence-corrected chi connectivity index (χ1v) is 7.47. The molecule has 2 aromatic rings. The van der Waals surface area contributed by atoms with Gasteiger partial charge in [-0.3, -0.25) is 20.7 Å². The largest absolute Gasteiger partial charge is 0.324 e. The average Bonchev–Trinajstić information content (AvgIpc) is 2.90. The summed E-state index contributed by atoms with van der Waals surface area (Å²) < 4.78 is 26.5. The third kappa shape index (κ3) is 2.84. The molecule has 0 aliphatic carbocycles. The third-order valence-electron chi connectivity index (χ3n) is 2.27. The summed E-state index contributed by atoms with van der Waals surface area (Å²) in [5, 5.41) is 12.6. The number of thiazole rings is 1. The molecule has 1 aromatic heterocycles. The van der Waals surface area contributed by atoms with Gasteiger partial charge in [0.25, 0.3) is 15.7 Å². The lowest BCUT2D eigenvalue weighted by molar-refractivity contribution is -0.387. The number of anilines is 2. The van der Waals surface area contributed by atoms with Crippen molar-refractivity contribution in [3.63, 3.8) is 0 Å². The van der Waals surface area contributed by atoms with Crippen LogP contribution in [-0.2, 0) is 10.0 Å². The van der Waals surface area contributed by atoms with Crippen LogP contribution in [0.3, 0.4) is 0 Å². The van der Waals surface area contributed by atoms with Crippen molar-refractivity contribution in [2.45, 2.75) is 4.90 Å². The van der Waals surface area contributed by atoms with Gasteiger partial charge in [0.15, 0.2) is 10.0 Å². The Morgan fingerprint density at radius 3 is 2.70 bits per heavy atom. The number of aromatic nitrogens is 1. The molecular weight excluding hydrogens is 306 g/mol. The standard InChI is InChI=1S/C9H9N5O4S2/c10-12-6-1-2-7(14(15)16)8(5-6)20(17,18)13-9-11-3-4-19-9/h1-5,12H,10H2,(H,11,13). The van der Waals surface area contributed by atoms with Crippen LogP contribution in [0, 0.1) is 10.1 Å². The first-order valence-electron chi connectivity index (χ1n) is 5.11. The summed E-state index contributed by atoms with van der Waals surface area (Å²) in [7, 11) is -4.13. The lowest BCUT2D eigenvalue weighted by atomic mass is 10.3. The number of nitrogens with two attached hydrogens (primary N) is 1. The number of nitrogen functional groups attached to an aromatic ring is 1. The van der Waals surface area contributed by atoms with Gasteiger partial charge in [-0.05, 0) is 12.1 Å². The fourth-order valence-corrected chi connectivity index (χ4v) is 3.40. The van der Waals surface area contributed by atoms with Gasteiger partial charge in [0.2, 0.25) is 0 Å². The summed E-state index contributed by atoms with van der Waals surface area (Å²) >= 11 is 1.06. The first kappa shape index (κ1) is 14.2. The van der Waals surface area contributed by atoms with Crippen molar-refractivity contribution < 1.29 is 13.3 Å².